The fraction of sp³-hybridized carbons (Fsp3) is 0.308. The molecule has 2 rings (SSSR count). The molecule has 0 atom stereocenters. The summed E-state index contributed by atoms with van der Waals surface area (Å²) in [5, 5.41) is 0. The maximum Gasteiger partial charge on any atom is 0.227 e. The van der Waals surface area contributed by atoms with Crippen molar-refractivity contribution < 1.29 is 0 Å². The first-order chi connectivity index (χ1) is 8.66. The smallest absolute Gasteiger partial charge is 0.227 e. The van der Waals surface area contributed by atoms with Gasteiger partial charge in [-0.3, -0.25) is 4.98 Å². The number of hydrogen-bond acceptors (Lipinski definition) is 5. The van der Waals surface area contributed by atoms with Gasteiger partial charge in [0.05, 0.1) is 0 Å². The molecule has 0 unspecified atom stereocenters. The molecular weight excluding hydrogens is 226 g/mol. The number of aromatic nitrogens is 3. The molecule has 2 aromatic heterocycles. The van der Waals surface area contributed by atoms with E-state index in [9.17, 15) is 0 Å². The third-order valence-electron chi connectivity index (χ3n) is 2.57. The first-order valence-electron chi connectivity index (χ1n) is 5.77. The fourth-order valence-corrected chi connectivity index (χ4v) is 1.61. The zero-order valence-corrected chi connectivity index (χ0v) is 10.9. The van der Waals surface area contributed by atoms with Crippen molar-refractivity contribution in [2.45, 2.75) is 6.54 Å². The number of rotatable bonds is 4. The molecule has 0 radical (unpaired) electrons. The van der Waals surface area contributed by atoms with Crippen LogP contribution in [0.2, 0.25) is 0 Å². The standard InChI is InChI=1S/C13H17N5/c1-17(2)12-6-8-15-13(16-12)18(3)10-11-5-4-7-14-9-11/h4-9H,10H2,1-3H3. The molecule has 5 heteroatoms. The monoisotopic (exact) mass is 243 g/mol. The van der Waals surface area contributed by atoms with Crippen LogP contribution in [0, 0.1) is 0 Å². The third kappa shape index (κ3) is 2.94. The molecule has 0 saturated carbocycles. The van der Waals surface area contributed by atoms with E-state index in [1.807, 2.05) is 55.3 Å². The van der Waals surface area contributed by atoms with Crippen LogP contribution in [0.4, 0.5) is 11.8 Å². The summed E-state index contributed by atoms with van der Waals surface area (Å²) in [5.41, 5.74) is 1.14. The summed E-state index contributed by atoms with van der Waals surface area (Å²) in [6.45, 7) is 0.741. The minimum Gasteiger partial charge on any atom is -0.363 e. The Morgan fingerprint density at radius 3 is 2.61 bits per heavy atom. The van der Waals surface area contributed by atoms with Crippen molar-refractivity contribution in [3.8, 4) is 0 Å². The van der Waals surface area contributed by atoms with Crippen LogP contribution in [0.25, 0.3) is 0 Å². The lowest BCUT2D eigenvalue weighted by Crippen LogP contribution is -2.20. The maximum absolute atomic E-state index is 4.49. The van der Waals surface area contributed by atoms with Crippen LogP contribution >= 0.6 is 0 Å². The predicted molar refractivity (Wildman–Crippen MR) is 72.7 cm³/mol. The van der Waals surface area contributed by atoms with Gasteiger partial charge < -0.3 is 9.80 Å². The molecule has 0 aliphatic rings. The fourth-order valence-electron chi connectivity index (χ4n) is 1.61. The zero-order valence-electron chi connectivity index (χ0n) is 10.9. The van der Waals surface area contributed by atoms with Gasteiger partial charge in [0, 0.05) is 46.3 Å². The highest BCUT2D eigenvalue weighted by molar-refractivity contribution is 5.42. The van der Waals surface area contributed by atoms with Crippen molar-refractivity contribution in [1.29, 1.82) is 0 Å². The Kier molecular flexibility index (Phi) is 3.72. The Bertz CT molecular complexity index is 498. The summed E-state index contributed by atoms with van der Waals surface area (Å²) in [6.07, 6.45) is 5.40. The topological polar surface area (TPSA) is 45.2 Å². The van der Waals surface area contributed by atoms with Crippen molar-refractivity contribution in [2.75, 3.05) is 30.9 Å². The molecule has 94 valence electrons. The molecule has 0 spiro atoms. The van der Waals surface area contributed by atoms with Gasteiger partial charge in [0.1, 0.15) is 5.82 Å². The van der Waals surface area contributed by atoms with Gasteiger partial charge in [-0.15, -0.1) is 0 Å². The average Bonchev–Trinajstić information content (AvgIpc) is 2.40. The molecule has 18 heavy (non-hydrogen) atoms. The van der Waals surface area contributed by atoms with Gasteiger partial charge in [-0.05, 0) is 17.7 Å². The van der Waals surface area contributed by atoms with Gasteiger partial charge >= 0.3 is 0 Å². The van der Waals surface area contributed by atoms with E-state index in [0.29, 0.717) is 5.95 Å². The van der Waals surface area contributed by atoms with Crippen LogP contribution in [0.3, 0.4) is 0 Å². The van der Waals surface area contributed by atoms with E-state index < -0.39 is 0 Å². The summed E-state index contributed by atoms with van der Waals surface area (Å²) in [5.74, 6) is 1.61. The van der Waals surface area contributed by atoms with Crippen LogP contribution in [-0.4, -0.2) is 36.1 Å². The number of hydrogen-bond donors (Lipinski definition) is 0. The van der Waals surface area contributed by atoms with Crippen molar-refractivity contribution in [2.24, 2.45) is 0 Å². The molecule has 0 N–H and O–H groups in total. The van der Waals surface area contributed by atoms with Crippen LogP contribution in [0.15, 0.2) is 36.8 Å². The molecule has 0 fully saturated rings. The molecule has 0 amide bonds. The van der Waals surface area contributed by atoms with Crippen LogP contribution in [-0.2, 0) is 6.54 Å². The van der Waals surface area contributed by atoms with Crippen LogP contribution in [0.5, 0.6) is 0 Å². The lowest BCUT2D eigenvalue weighted by Gasteiger charge is -2.19. The summed E-state index contributed by atoms with van der Waals surface area (Å²) >= 11 is 0. The van der Waals surface area contributed by atoms with Gasteiger partial charge in [-0.2, -0.15) is 4.98 Å². The highest BCUT2D eigenvalue weighted by Crippen LogP contribution is 2.13. The SMILES string of the molecule is CN(C)c1ccnc(N(C)Cc2cccnc2)n1. The number of nitrogens with zero attached hydrogens (tertiary/aromatic N) is 5. The molecule has 0 saturated heterocycles. The van der Waals surface area contributed by atoms with E-state index in [1.54, 1.807) is 12.4 Å². The van der Waals surface area contributed by atoms with Crippen molar-refractivity contribution >= 4 is 11.8 Å². The Hall–Kier alpha value is -2.17. The molecule has 0 aliphatic heterocycles. The molecule has 0 aromatic carbocycles. The van der Waals surface area contributed by atoms with Gasteiger partial charge in [0.15, 0.2) is 0 Å². The normalized spacial score (nSPS) is 10.2. The second kappa shape index (κ2) is 5.44. The summed E-state index contributed by atoms with van der Waals surface area (Å²) in [4.78, 5) is 16.8. The van der Waals surface area contributed by atoms with Crippen molar-refractivity contribution in [3.05, 3.63) is 42.4 Å². The van der Waals surface area contributed by atoms with E-state index in [1.165, 1.54) is 0 Å². The van der Waals surface area contributed by atoms with Crippen LogP contribution < -0.4 is 9.80 Å². The van der Waals surface area contributed by atoms with Gasteiger partial charge in [0.25, 0.3) is 0 Å². The Labute approximate surface area is 107 Å². The lowest BCUT2D eigenvalue weighted by atomic mass is 10.3. The Balaban J connectivity index is 2.14. The minimum absolute atomic E-state index is 0.713. The highest BCUT2D eigenvalue weighted by Gasteiger charge is 2.07. The van der Waals surface area contributed by atoms with Crippen molar-refractivity contribution in [3.63, 3.8) is 0 Å². The largest absolute Gasteiger partial charge is 0.363 e. The summed E-state index contributed by atoms with van der Waals surface area (Å²) in [7, 11) is 5.90. The third-order valence-corrected chi connectivity index (χ3v) is 2.57. The van der Waals surface area contributed by atoms with Gasteiger partial charge in [0.2, 0.25) is 5.95 Å². The van der Waals surface area contributed by atoms with Gasteiger partial charge in [-0.1, -0.05) is 6.07 Å². The van der Waals surface area contributed by atoms with E-state index in [4.69, 9.17) is 0 Å². The highest BCUT2D eigenvalue weighted by atomic mass is 15.3. The molecule has 5 nitrogen and oxygen atoms in total. The lowest BCUT2D eigenvalue weighted by molar-refractivity contribution is 0.857. The second-order valence-corrected chi connectivity index (χ2v) is 4.33. The average molecular weight is 243 g/mol. The quantitative estimate of drug-likeness (QED) is 0.815. The number of pyridine rings is 1. The zero-order chi connectivity index (χ0) is 13.0. The number of anilines is 2. The minimum atomic E-state index is 0.713. The molecule has 0 bridgehead atoms. The van der Waals surface area contributed by atoms with E-state index in [0.717, 1.165) is 17.9 Å². The summed E-state index contributed by atoms with van der Waals surface area (Å²) in [6, 6.07) is 5.86. The van der Waals surface area contributed by atoms with E-state index in [-0.39, 0.29) is 0 Å². The molecule has 2 heterocycles. The summed E-state index contributed by atoms with van der Waals surface area (Å²) < 4.78 is 0. The van der Waals surface area contributed by atoms with E-state index in [2.05, 4.69) is 15.0 Å². The Morgan fingerprint density at radius 2 is 1.94 bits per heavy atom. The first-order valence-corrected chi connectivity index (χ1v) is 5.77. The molecular formula is C13H17N5. The molecule has 0 aliphatic carbocycles. The maximum atomic E-state index is 4.49. The second-order valence-electron chi connectivity index (χ2n) is 4.33. The molecule has 2 aromatic rings. The van der Waals surface area contributed by atoms with Crippen molar-refractivity contribution in [1.82, 2.24) is 15.0 Å². The predicted octanol–water partition coefficient (Wildman–Crippen LogP) is 1.57. The first kappa shape index (κ1) is 12.3. The van der Waals surface area contributed by atoms with Crippen LogP contribution in [0.1, 0.15) is 5.56 Å². The van der Waals surface area contributed by atoms with Gasteiger partial charge in [-0.25, -0.2) is 4.98 Å². The Morgan fingerprint density at radius 1 is 1.11 bits per heavy atom. The van der Waals surface area contributed by atoms with E-state index >= 15 is 0 Å².